The Hall–Kier alpha value is -3.22. The lowest BCUT2D eigenvalue weighted by atomic mass is 10.1. The zero-order valence-corrected chi connectivity index (χ0v) is 18.5. The first kappa shape index (κ1) is 22.5. The summed E-state index contributed by atoms with van der Waals surface area (Å²) in [6, 6.07) is 15.4. The summed E-state index contributed by atoms with van der Waals surface area (Å²) in [6.07, 6.45) is 0.792. The van der Waals surface area contributed by atoms with Gasteiger partial charge in [-0.25, -0.2) is 4.99 Å². The molecule has 2 unspecified atom stereocenters. The van der Waals surface area contributed by atoms with Gasteiger partial charge in [-0.15, -0.1) is 0 Å². The number of guanidine groups is 1. The first-order valence-electron chi connectivity index (χ1n) is 10.9. The number of aliphatic imine (C=N–C) groups is 1. The fraction of sp³-hybridized carbons (Fsp3) is 0.417. The molecule has 7 nitrogen and oxygen atoms in total. The number of nitrogens with zero attached hydrogens (tertiary/aromatic N) is 1. The quantitative estimate of drug-likeness (QED) is 0.448. The lowest BCUT2D eigenvalue weighted by Gasteiger charge is -2.27. The van der Waals surface area contributed by atoms with Crippen LogP contribution in [0, 0.1) is 0 Å². The highest BCUT2D eigenvalue weighted by atomic mass is 16.6. The number of para-hydroxylation sites is 2. The lowest BCUT2D eigenvalue weighted by molar-refractivity contribution is 0.0936. The van der Waals surface area contributed by atoms with Crippen molar-refractivity contribution in [3.8, 4) is 11.5 Å². The zero-order chi connectivity index (χ0) is 22.1. The molecular formula is C24H32N4O3. The molecule has 1 aliphatic heterocycles. The number of nitrogens with one attached hydrogen (secondary N) is 3. The van der Waals surface area contributed by atoms with Gasteiger partial charge in [0.05, 0.1) is 13.1 Å². The maximum Gasteiger partial charge on any atom is 0.251 e. The molecule has 2 aromatic rings. The van der Waals surface area contributed by atoms with E-state index in [1.54, 1.807) is 0 Å². The van der Waals surface area contributed by atoms with Gasteiger partial charge in [0.25, 0.3) is 5.91 Å². The number of carbonyl (C=O) groups excluding carboxylic acids is 1. The summed E-state index contributed by atoms with van der Waals surface area (Å²) in [5.41, 5.74) is 1.62. The van der Waals surface area contributed by atoms with Crippen molar-refractivity contribution in [2.45, 2.75) is 45.9 Å². The Balaban J connectivity index is 1.57. The van der Waals surface area contributed by atoms with Crippen molar-refractivity contribution in [1.82, 2.24) is 16.0 Å². The van der Waals surface area contributed by atoms with E-state index in [0.29, 0.717) is 31.2 Å². The van der Waals surface area contributed by atoms with Gasteiger partial charge in [-0.2, -0.15) is 0 Å². The van der Waals surface area contributed by atoms with E-state index in [2.05, 4.69) is 27.9 Å². The number of carbonyl (C=O) groups is 1. The minimum absolute atomic E-state index is 0.0556. The van der Waals surface area contributed by atoms with Gasteiger partial charge in [-0.05, 0) is 50.1 Å². The molecule has 1 heterocycles. The van der Waals surface area contributed by atoms with Crippen LogP contribution in [0.4, 0.5) is 0 Å². The highest BCUT2D eigenvalue weighted by molar-refractivity contribution is 5.94. The van der Waals surface area contributed by atoms with Gasteiger partial charge in [0.2, 0.25) is 0 Å². The largest absolute Gasteiger partial charge is 0.486 e. The van der Waals surface area contributed by atoms with Gasteiger partial charge in [-0.1, -0.05) is 31.2 Å². The molecule has 3 rings (SSSR count). The van der Waals surface area contributed by atoms with Crippen LogP contribution in [-0.4, -0.2) is 43.7 Å². The summed E-state index contributed by atoms with van der Waals surface area (Å²) in [5, 5.41) is 9.56. The fourth-order valence-electron chi connectivity index (χ4n) is 3.11. The Morgan fingerprint density at radius 1 is 1.13 bits per heavy atom. The van der Waals surface area contributed by atoms with E-state index in [1.807, 2.05) is 62.4 Å². The molecule has 7 heteroatoms. The van der Waals surface area contributed by atoms with Crippen molar-refractivity contribution in [1.29, 1.82) is 0 Å². The third-order valence-corrected chi connectivity index (χ3v) is 5.01. The summed E-state index contributed by atoms with van der Waals surface area (Å²) >= 11 is 0. The van der Waals surface area contributed by atoms with Gasteiger partial charge in [-0.3, -0.25) is 4.79 Å². The highest BCUT2D eigenvalue weighted by Crippen LogP contribution is 2.30. The van der Waals surface area contributed by atoms with Crippen LogP contribution in [-0.2, 0) is 6.54 Å². The minimum Gasteiger partial charge on any atom is -0.486 e. The molecule has 0 spiro atoms. The Labute approximate surface area is 184 Å². The molecule has 0 saturated heterocycles. The van der Waals surface area contributed by atoms with E-state index < -0.39 is 0 Å². The summed E-state index contributed by atoms with van der Waals surface area (Å²) in [5.74, 6) is 2.17. The molecule has 0 aromatic heterocycles. The maximum atomic E-state index is 12.4. The minimum atomic E-state index is -0.105. The van der Waals surface area contributed by atoms with Crippen molar-refractivity contribution in [3.05, 3.63) is 59.7 Å². The van der Waals surface area contributed by atoms with E-state index in [4.69, 9.17) is 9.47 Å². The average molecular weight is 425 g/mol. The van der Waals surface area contributed by atoms with E-state index in [1.165, 1.54) is 0 Å². The number of hydrogen-bond donors (Lipinski definition) is 3. The Kier molecular flexibility index (Phi) is 8.15. The third-order valence-electron chi connectivity index (χ3n) is 5.01. The van der Waals surface area contributed by atoms with Crippen LogP contribution in [0.15, 0.2) is 53.5 Å². The summed E-state index contributed by atoms with van der Waals surface area (Å²) in [6.45, 7) is 8.33. The number of benzene rings is 2. The smallest absolute Gasteiger partial charge is 0.251 e. The number of hydrogen-bond acceptors (Lipinski definition) is 4. The first-order chi connectivity index (χ1) is 15.1. The number of amides is 1. The second-order valence-electron chi connectivity index (χ2n) is 7.56. The van der Waals surface area contributed by atoms with E-state index in [0.717, 1.165) is 30.0 Å². The van der Waals surface area contributed by atoms with Crippen molar-refractivity contribution >= 4 is 11.9 Å². The van der Waals surface area contributed by atoms with E-state index in [9.17, 15) is 4.79 Å². The molecule has 0 aliphatic carbocycles. The normalized spacial score (nSPS) is 16.4. The number of fused-ring (bicyclic) bond motifs is 1. The van der Waals surface area contributed by atoms with Gasteiger partial charge >= 0.3 is 0 Å². The van der Waals surface area contributed by atoms with Crippen molar-refractivity contribution in [2.24, 2.45) is 4.99 Å². The lowest BCUT2D eigenvalue weighted by Crippen LogP contribution is -2.45. The SMILES string of the molecule is CCNC(=NCc1cccc(C(=O)NC(C)CC)c1)NCC1COc2ccccc2O1. The van der Waals surface area contributed by atoms with Crippen LogP contribution < -0.4 is 25.4 Å². The summed E-state index contributed by atoms with van der Waals surface area (Å²) in [4.78, 5) is 17.0. The van der Waals surface area contributed by atoms with Crippen LogP contribution in [0.2, 0.25) is 0 Å². The molecule has 0 bridgehead atoms. The summed E-state index contributed by atoms with van der Waals surface area (Å²) < 4.78 is 11.8. The molecule has 0 saturated carbocycles. The average Bonchev–Trinajstić information content (AvgIpc) is 2.80. The fourth-order valence-corrected chi connectivity index (χ4v) is 3.11. The molecule has 1 aliphatic rings. The summed E-state index contributed by atoms with van der Waals surface area (Å²) in [7, 11) is 0. The standard InChI is InChI=1S/C24H32N4O3/c1-4-17(3)28-23(29)19-10-8-9-18(13-19)14-26-24(25-5-2)27-15-20-16-30-21-11-6-7-12-22(21)31-20/h6-13,17,20H,4-5,14-16H2,1-3H3,(H,28,29)(H2,25,26,27). The van der Waals surface area contributed by atoms with Crippen LogP contribution in [0.1, 0.15) is 43.1 Å². The van der Waals surface area contributed by atoms with Gasteiger partial charge < -0.3 is 25.4 Å². The Bertz CT molecular complexity index is 900. The maximum absolute atomic E-state index is 12.4. The molecule has 0 radical (unpaired) electrons. The second kappa shape index (κ2) is 11.2. The molecule has 0 fully saturated rings. The molecule has 166 valence electrons. The highest BCUT2D eigenvalue weighted by Gasteiger charge is 2.20. The van der Waals surface area contributed by atoms with E-state index in [-0.39, 0.29) is 18.1 Å². The molecule has 2 atom stereocenters. The van der Waals surface area contributed by atoms with Crippen molar-refractivity contribution < 1.29 is 14.3 Å². The van der Waals surface area contributed by atoms with Gasteiger partial charge in [0, 0.05) is 18.2 Å². The topological polar surface area (TPSA) is 84.0 Å². The third kappa shape index (κ3) is 6.64. The van der Waals surface area contributed by atoms with Gasteiger partial charge in [0.15, 0.2) is 17.5 Å². The molecular weight excluding hydrogens is 392 g/mol. The molecule has 3 N–H and O–H groups in total. The predicted molar refractivity (Wildman–Crippen MR) is 123 cm³/mol. The Morgan fingerprint density at radius 2 is 1.94 bits per heavy atom. The first-order valence-corrected chi connectivity index (χ1v) is 10.9. The molecule has 31 heavy (non-hydrogen) atoms. The predicted octanol–water partition coefficient (Wildman–Crippen LogP) is 3.11. The zero-order valence-electron chi connectivity index (χ0n) is 18.5. The monoisotopic (exact) mass is 424 g/mol. The van der Waals surface area contributed by atoms with Crippen LogP contribution in [0.5, 0.6) is 11.5 Å². The number of ether oxygens (including phenoxy) is 2. The van der Waals surface area contributed by atoms with Crippen molar-refractivity contribution in [2.75, 3.05) is 19.7 Å². The van der Waals surface area contributed by atoms with Crippen LogP contribution in [0.25, 0.3) is 0 Å². The van der Waals surface area contributed by atoms with Crippen LogP contribution in [0.3, 0.4) is 0 Å². The number of rotatable bonds is 8. The van der Waals surface area contributed by atoms with Gasteiger partial charge in [0.1, 0.15) is 12.7 Å². The van der Waals surface area contributed by atoms with Crippen molar-refractivity contribution in [3.63, 3.8) is 0 Å². The van der Waals surface area contributed by atoms with Crippen LogP contribution >= 0.6 is 0 Å². The van der Waals surface area contributed by atoms with E-state index >= 15 is 0 Å². The Morgan fingerprint density at radius 3 is 2.71 bits per heavy atom. The molecule has 2 aromatic carbocycles. The molecule has 1 amide bonds. The second-order valence-corrected chi connectivity index (χ2v) is 7.56.